The van der Waals surface area contributed by atoms with Gasteiger partial charge in [-0.1, -0.05) is 0 Å². The van der Waals surface area contributed by atoms with Gasteiger partial charge in [0.05, 0.1) is 0 Å². The Bertz CT molecular complexity index is 109. The Labute approximate surface area is 42.4 Å². The Morgan fingerprint density at radius 3 is 2.71 bits per heavy atom. The van der Waals surface area contributed by atoms with Crippen LogP contribution in [-0.4, -0.2) is 0 Å². The second kappa shape index (κ2) is 3.04. The van der Waals surface area contributed by atoms with Gasteiger partial charge < -0.3 is 5.73 Å². The summed E-state index contributed by atoms with van der Waals surface area (Å²) < 4.78 is 0. The smallest absolute Gasteiger partial charge is 0.181 e. The SMILES string of the molecule is C/C(=C/N)NC#N. The van der Waals surface area contributed by atoms with Gasteiger partial charge in [0.2, 0.25) is 0 Å². The van der Waals surface area contributed by atoms with Crippen LogP contribution in [0.1, 0.15) is 6.92 Å². The lowest BCUT2D eigenvalue weighted by Gasteiger charge is -1.87. The summed E-state index contributed by atoms with van der Waals surface area (Å²) in [5, 5.41) is 10.2. The van der Waals surface area contributed by atoms with Crippen LogP contribution < -0.4 is 11.1 Å². The van der Waals surface area contributed by atoms with Crippen molar-refractivity contribution in [1.29, 1.82) is 5.26 Å². The molecular weight excluding hydrogens is 90.1 g/mol. The molecule has 0 amide bonds. The third-order valence-corrected chi connectivity index (χ3v) is 0.503. The summed E-state index contributed by atoms with van der Waals surface area (Å²) in [6.45, 7) is 1.71. The first kappa shape index (κ1) is 5.83. The van der Waals surface area contributed by atoms with Crippen LogP contribution >= 0.6 is 0 Å². The molecule has 0 aromatic carbocycles. The van der Waals surface area contributed by atoms with Gasteiger partial charge in [-0.25, -0.2) is 0 Å². The van der Waals surface area contributed by atoms with Crippen molar-refractivity contribution in [1.82, 2.24) is 5.32 Å². The summed E-state index contributed by atoms with van der Waals surface area (Å²) in [4.78, 5) is 0. The molecule has 3 N–H and O–H groups in total. The van der Waals surface area contributed by atoms with E-state index >= 15 is 0 Å². The monoisotopic (exact) mass is 97.1 g/mol. The minimum atomic E-state index is 0.669. The number of nitrogens with one attached hydrogen (secondary N) is 1. The molecule has 0 saturated heterocycles. The molecule has 7 heavy (non-hydrogen) atoms. The average molecular weight is 97.1 g/mol. The molecular formula is C4H7N3. The van der Waals surface area contributed by atoms with Crippen molar-refractivity contribution in [2.75, 3.05) is 0 Å². The normalized spacial score (nSPS) is 10.0. The number of rotatable bonds is 1. The summed E-state index contributed by atoms with van der Waals surface area (Å²) >= 11 is 0. The highest BCUT2D eigenvalue weighted by atomic mass is 14.9. The lowest BCUT2D eigenvalue weighted by atomic mass is 10.5. The summed E-state index contributed by atoms with van der Waals surface area (Å²) in [7, 11) is 0. The molecule has 0 rings (SSSR count). The van der Waals surface area contributed by atoms with E-state index < -0.39 is 0 Å². The quantitative estimate of drug-likeness (QED) is 0.354. The van der Waals surface area contributed by atoms with Crippen molar-refractivity contribution in [2.45, 2.75) is 6.92 Å². The minimum absolute atomic E-state index is 0.669. The standard InChI is InChI=1S/C4H7N3/c1-4(2-5)7-3-6/h2,7H,5H2,1H3/b4-2-. The second-order valence-electron chi connectivity index (χ2n) is 1.09. The topological polar surface area (TPSA) is 61.8 Å². The average Bonchev–Trinajstić information content (AvgIpc) is 1.68. The van der Waals surface area contributed by atoms with Crippen LogP contribution in [-0.2, 0) is 0 Å². The Kier molecular flexibility index (Phi) is 2.53. The first-order valence-corrected chi connectivity index (χ1v) is 1.85. The van der Waals surface area contributed by atoms with E-state index in [2.05, 4.69) is 5.32 Å². The summed E-state index contributed by atoms with van der Waals surface area (Å²) in [6, 6.07) is 0. The van der Waals surface area contributed by atoms with Gasteiger partial charge in [-0.05, 0) is 6.92 Å². The maximum atomic E-state index is 7.91. The Hall–Kier alpha value is -1.17. The van der Waals surface area contributed by atoms with Crippen molar-refractivity contribution in [3.63, 3.8) is 0 Å². The molecule has 0 heterocycles. The highest BCUT2D eigenvalue weighted by Crippen LogP contribution is 1.74. The number of nitrogens with zero attached hydrogens (tertiary/aromatic N) is 1. The van der Waals surface area contributed by atoms with Crippen molar-refractivity contribution < 1.29 is 0 Å². The van der Waals surface area contributed by atoms with Gasteiger partial charge in [0.15, 0.2) is 6.19 Å². The Morgan fingerprint density at radius 2 is 2.57 bits per heavy atom. The van der Waals surface area contributed by atoms with Gasteiger partial charge in [0.25, 0.3) is 0 Å². The number of allylic oxidation sites excluding steroid dienone is 1. The van der Waals surface area contributed by atoms with Crippen molar-refractivity contribution in [3.05, 3.63) is 11.9 Å². The lowest BCUT2D eigenvalue weighted by molar-refractivity contribution is 1.06. The molecule has 3 heteroatoms. The van der Waals surface area contributed by atoms with Gasteiger partial charge in [-0.2, -0.15) is 5.26 Å². The highest BCUT2D eigenvalue weighted by Gasteiger charge is 1.75. The maximum absolute atomic E-state index is 7.91. The molecule has 0 aromatic heterocycles. The van der Waals surface area contributed by atoms with Crippen LogP contribution in [0.5, 0.6) is 0 Å². The van der Waals surface area contributed by atoms with Crippen molar-refractivity contribution >= 4 is 0 Å². The van der Waals surface area contributed by atoms with Gasteiger partial charge in [0.1, 0.15) is 0 Å². The summed E-state index contributed by atoms with van der Waals surface area (Å²) in [5.74, 6) is 0. The van der Waals surface area contributed by atoms with Crippen LogP contribution in [0.15, 0.2) is 11.9 Å². The van der Waals surface area contributed by atoms with E-state index in [0.717, 1.165) is 0 Å². The van der Waals surface area contributed by atoms with E-state index in [9.17, 15) is 0 Å². The van der Waals surface area contributed by atoms with Crippen LogP contribution in [0.4, 0.5) is 0 Å². The number of nitrogens with two attached hydrogens (primary N) is 1. The molecule has 0 atom stereocenters. The Morgan fingerprint density at radius 1 is 2.00 bits per heavy atom. The van der Waals surface area contributed by atoms with Crippen LogP contribution in [0.2, 0.25) is 0 Å². The molecule has 0 unspecified atom stereocenters. The van der Waals surface area contributed by atoms with Crippen molar-refractivity contribution in [2.24, 2.45) is 5.73 Å². The number of nitriles is 1. The van der Waals surface area contributed by atoms with Gasteiger partial charge in [-0.15, -0.1) is 0 Å². The van der Waals surface area contributed by atoms with E-state index in [1.54, 1.807) is 13.1 Å². The molecule has 0 aliphatic heterocycles. The molecule has 0 fully saturated rings. The molecule has 0 aliphatic carbocycles. The van der Waals surface area contributed by atoms with E-state index in [-0.39, 0.29) is 0 Å². The van der Waals surface area contributed by atoms with Crippen LogP contribution in [0, 0.1) is 11.5 Å². The number of hydrogen-bond donors (Lipinski definition) is 2. The first-order valence-electron chi connectivity index (χ1n) is 1.85. The van der Waals surface area contributed by atoms with E-state index in [0.29, 0.717) is 5.70 Å². The Balaban J connectivity index is 3.43. The molecule has 0 saturated carbocycles. The first-order chi connectivity index (χ1) is 3.31. The lowest BCUT2D eigenvalue weighted by Crippen LogP contribution is -2.02. The van der Waals surface area contributed by atoms with E-state index in [4.69, 9.17) is 11.0 Å². The highest BCUT2D eigenvalue weighted by molar-refractivity contribution is 4.96. The van der Waals surface area contributed by atoms with Crippen LogP contribution in [0.3, 0.4) is 0 Å². The molecule has 3 nitrogen and oxygen atoms in total. The minimum Gasteiger partial charge on any atom is -0.403 e. The largest absolute Gasteiger partial charge is 0.403 e. The third-order valence-electron chi connectivity index (χ3n) is 0.503. The van der Waals surface area contributed by atoms with Gasteiger partial charge in [0, 0.05) is 11.9 Å². The van der Waals surface area contributed by atoms with Gasteiger partial charge >= 0.3 is 0 Å². The summed E-state index contributed by atoms with van der Waals surface area (Å²) in [6.07, 6.45) is 3.06. The van der Waals surface area contributed by atoms with Gasteiger partial charge in [-0.3, -0.25) is 5.32 Å². The molecule has 38 valence electrons. The molecule has 0 bridgehead atoms. The third kappa shape index (κ3) is 2.64. The molecule has 0 radical (unpaired) electrons. The van der Waals surface area contributed by atoms with Crippen LogP contribution in [0.25, 0.3) is 0 Å². The summed E-state index contributed by atoms with van der Waals surface area (Å²) in [5.41, 5.74) is 5.65. The molecule has 0 aliphatic rings. The van der Waals surface area contributed by atoms with E-state index in [1.165, 1.54) is 6.20 Å². The molecule has 0 aromatic rings. The van der Waals surface area contributed by atoms with E-state index in [1.807, 2.05) is 0 Å². The fraction of sp³-hybridized carbons (Fsp3) is 0.250. The zero-order chi connectivity index (χ0) is 5.70. The fourth-order valence-corrected chi connectivity index (χ4v) is 0.130. The fourth-order valence-electron chi connectivity index (χ4n) is 0.130. The predicted octanol–water partition coefficient (Wildman–Crippen LogP) is -0.123. The maximum Gasteiger partial charge on any atom is 0.181 e. The second-order valence-corrected chi connectivity index (χ2v) is 1.09. The number of hydrogen-bond acceptors (Lipinski definition) is 3. The zero-order valence-electron chi connectivity index (χ0n) is 4.10. The predicted molar refractivity (Wildman–Crippen MR) is 26.7 cm³/mol. The molecule has 0 spiro atoms. The zero-order valence-corrected chi connectivity index (χ0v) is 4.10. The van der Waals surface area contributed by atoms with Crippen molar-refractivity contribution in [3.8, 4) is 6.19 Å².